The Bertz CT molecular complexity index is 400. The lowest BCUT2D eigenvalue weighted by Gasteiger charge is -2.05. The Labute approximate surface area is 106 Å². The molecule has 18 heavy (non-hydrogen) atoms. The van der Waals surface area contributed by atoms with E-state index in [4.69, 9.17) is 5.11 Å². The lowest BCUT2D eigenvalue weighted by atomic mass is 10.1. The molecule has 0 aromatic heterocycles. The minimum absolute atomic E-state index is 0.0151. The molecule has 0 bridgehead atoms. The second-order valence-corrected chi connectivity index (χ2v) is 3.79. The molecule has 0 spiro atoms. The van der Waals surface area contributed by atoms with Crippen molar-refractivity contribution in [3.05, 3.63) is 35.4 Å². The van der Waals surface area contributed by atoms with Crippen LogP contribution in [-0.2, 0) is 16.1 Å². The van der Waals surface area contributed by atoms with Gasteiger partial charge >= 0.3 is 5.97 Å². The summed E-state index contributed by atoms with van der Waals surface area (Å²) in [4.78, 5) is 22.5. The number of carbonyl (C=O) groups is 2. The fourth-order valence-corrected chi connectivity index (χ4v) is 1.41. The monoisotopic (exact) mass is 251 g/mol. The van der Waals surface area contributed by atoms with E-state index in [0.29, 0.717) is 24.9 Å². The van der Waals surface area contributed by atoms with Crippen LogP contribution in [0.25, 0.3) is 0 Å². The Hall–Kier alpha value is -1.88. The molecule has 0 fully saturated rings. The summed E-state index contributed by atoms with van der Waals surface area (Å²) in [5, 5.41) is 11.3. The molecule has 0 aliphatic heterocycles. The number of aliphatic hydroxyl groups is 1. The number of hydrogen-bond acceptors (Lipinski definition) is 4. The summed E-state index contributed by atoms with van der Waals surface area (Å²) in [6, 6.07) is 6.83. The molecule has 98 valence electrons. The van der Waals surface area contributed by atoms with Crippen molar-refractivity contribution >= 4 is 11.9 Å². The largest absolute Gasteiger partial charge is 0.465 e. The molecule has 0 saturated heterocycles. The van der Waals surface area contributed by atoms with E-state index in [0.717, 1.165) is 5.56 Å². The second-order valence-electron chi connectivity index (χ2n) is 3.79. The summed E-state index contributed by atoms with van der Waals surface area (Å²) in [6.45, 7) is 0.424. The fraction of sp³-hybridized carbons (Fsp3) is 0.385. The van der Waals surface area contributed by atoms with E-state index in [-0.39, 0.29) is 18.5 Å². The average Bonchev–Trinajstić information content (AvgIpc) is 2.42. The molecule has 0 heterocycles. The number of benzene rings is 1. The zero-order chi connectivity index (χ0) is 13.4. The van der Waals surface area contributed by atoms with Gasteiger partial charge in [0.25, 0.3) is 0 Å². The quantitative estimate of drug-likeness (QED) is 0.735. The maximum Gasteiger partial charge on any atom is 0.337 e. The summed E-state index contributed by atoms with van der Waals surface area (Å²) in [7, 11) is 1.33. The third-order valence-electron chi connectivity index (χ3n) is 2.43. The Morgan fingerprint density at radius 2 is 1.94 bits per heavy atom. The summed E-state index contributed by atoms with van der Waals surface area (Å²) in [5.74, 6) is -0.477. The van der Waals surface area contributed by atoms with Crippen LogP contribution in [0.15, 0.2) is 24.3 Å². The first-order chi connectivity index (χ1) is 8.67. The number of nitrogens with one attached hydrogen (secondary N) is 1. The molecule has 5 heteroatoms. The van der Waals surface area contributed by atoms with Crippen LogP contribution in [0.3, 0.4) is 0 Å². The van der Waals surface area contributed by atoms with Gasteiger partial charge in [-0.15, -0.1) is 0 Å². The van der Waals surface area contributed by atoms with Gasteiger partial charge in [0.1, 0.15) is 0 Å². The zero-order valence-corrected chi connectivity index (χ0v) is 10.3. The molecule has 1 amide bonds. The molecule has 0 aliphatic rings. The van der Waals surface area contributed by atoms with Crippen LogP contribution in [-0.4, -0.2) is 30.7 Å². The van der Waals surface area contributed by atoms with Gasteiger partial charge in [0.15, 0.2) is 0 Å². The SMILES string of the molecule is COC(=O)c1ccc(CNC(=O)CCCO)cc1. The number of carbonyl (C=O) groups excluding carboxylic acids is 2. The highest BCUT2D eigenvalue weighted by Crippen LogP contribution is 2.05. The Balaban J connectivity index is 2.44. The van der Waals surface area contributed by atoms with Crippen molar-refractivity contribution in [1.29, 1.82) is 0 Å². The minimum atomic E-state index is -0.381. The van der Waals surface area contributed by atoms with E-state index in [1.807, 2.05) is 0 Å². The molecular formula is C13H17NO4. The number of methoxy groups -OCH3 is 1. The van der Waals surface area contributed by atoms with Crippen molar-refractivity contribution in [2.75, 3.05) is 13.7 Å². The highest BCUT2D eigenvalue weighted by molar-refractivity contribution is 5.89. The predicted octanol–water partition coefficient (Wildman–Crippen LogP) is 0.862. The first-order valence-electron chi connectivity index (χ1n) is 5.72. The maximum atomic E-state index is 11.3. The first kappa shape index (κ1) is 14.2. The van der Waals surface area contributed by atoms with Crippen LogP contribution in [0.2, 0.25) is 0 Å². The number of esters is 1. The van der Waals surface area contributed by atoms with E-state index >= 15 is 0 Å². The molecule has 5 nitrogen and oxygen atoms in total. The van der Waals surface area contributed by atoms with E-state index in [2.05, 4.69) is 10.1 Å². The lowest BCUT2D eigenvalue weighted by Crippen LogP contribution is -2.22. The van der Waals surface area contributed by atoms with Gasteiger partial charge in [0.05, 0.1) is 12.7 Å². The van der Waals surface area contributed by atoms with Crippen molar-refractivity contribution in [2.24, 2.45) is 0 Å². The number of hydrogen-bond donors (Lipinski definition) is 2. The number of ether oxygens (including phenoxy) is 1. The number of rotatable bonds is 6. The van der Waals surface area contributed by atoms with E-state index in [1.54, 1.807) is 24.3 Å². The predicted molar refractivity (Wildman–Crippen MR) is 65.9 cm³/mol. The van der Waals surface area contributed by atoms with Crippen molar-refractivity contribution < 1.29 is 19.4 Å². The summed E-state index contributed by atoms with van der Waals surface area (Å²) in [6.07, 6.45) is 0.782. The highest BCUT2D eigenvalue weighted by Gasteiger charge is 2.05. The molecule has 1 rings (SSSR count). The minimum Gasteiger partial charge on any atom is -0.465 e. The molecule has 1 aromatic carbocycles. The summed E-state index contributed by atoms with van der Waals surface area (Å²) < 4.78 is 4.59. The topological polar surface area (TPSA) is 75.6 Å². The Morgan fingerprint density at radius 3 is 2.50 bits per heavy atom. The first-order valence-corrected chi connectivity index (χ1v) is 5.72. The maximum absolute atomic E-state index is 11.3. The van der Waals surface area contributed by atoms with Crippen LogP contribution in [0, 0.1) is 0 Å². The van der Waals surface area contributed by atoms with Crippen LogP contribution in [0.4, 0.5) is 0 Å². The third kappa shape index (κ3) is 4.55. The average molecular weight is 251 g/mol. The van der Waals surface area contributed by atoms with Crippen molar-refractivity contribution in [3.8, 4) is 0 Å². The molecule has 0 unspecified atom stereocenters. The van der Waals surface area contributed by atoms with Crippen molar-refractivity contribution in [2.45, 2.75) is 19.4 Å². The van der Waals surface area contributed by atoms with Crippen LogP contribution in [0.5, 0.6) is 0 Å². The molecule has 1 aromatic rings. The molecule has 0 saturated carbocycles. The molecule has 2 N–H and O–H groups in total. The van der Waals surface area contributed by atoms with E-state index in [1.165, 1.54) is 7.11 Å². The molecular weight excluding hydrogens is 234 g/mol. The number of aliphatic hydroxyl groups excluding tert-OH is 1. The fourth-order valence-electron chi connectivity index (χ4n) is 1.41. The summed E-state index contributed by atoms with van der Waals surface area (Å²) in [5.41, 5.74) is 1.38. The normalized spacial score (nSPS) is 9.89. The zero-order valence-electron chi connectivity index (χ0n) is 10.3. The van der Waals surface area contributed by atoms with Crippen LogP contribution < -0.4 is 5.32 Å². The van der Waals surface area contributed by atoms with Gasteiger partial charge in [-0.1, -0.05) is 12.1 Å². The highest BCUT2D eigenvalue weighted by atomic mass is 16.5. The Kier molecular flexibility index (Phi) is 5.87. The van der Waals surface area contributed by atoms with Gasteiger partial charge in [0, 0.05) is 19.6 Å². The lowest BCUT2D eigenvalue weighted by molar-refractivity contribution is -0.121. The van der Waals surface area contributed by atoms with Crippen molar-refractivity contribution in [1.82, 2.24) is 5.32 Å². The smallest absolute Gasteiger partial charge is 0.337 e. The van der Waals surface area contributed by atoms with E-state index < -0.39 is 0 Å². The standard InChI is InChI=1S/C13H17NO4/c1-18-13(17)11-6-4-10(5-7-11)9-14-12(16)3-2-8-15/h4-7,15H,2-3,8-9H2,1H3,(H,14,16). The number of amides is 1. The van der Waals surface area contributed by atoms with Crippen LogP contribution >= 0.6 is 0 Å². The van der Waals surface area contributed by atoms with Gasteiger partial charge in [-0.3, -0.25) is 4.79 Å². The van der Waals surface area contributed by atoms with Gasteiger partial charge in [-0.25, -0.2) is 4.79 Å². The van der Waals surface area contributed by atoms with Gasteiger partial charge in [0.2, 0.25) is 5.91 Å². The molecule has 0 atom stereocenters. The Morgan fingerprint density at radius 1 is 1.28 bits per heavy atom. The van der Waals surface area contributed by atoms with Crippen LogP contribution in [0.1, 0.15) is 28.8 Å². The van der Waals surface area contributed by atoms with Gasteiger partial charge in [-0.05, 0) is 24.1 Å². The van der Waals surface area contributed by atoms with Gasteiger partial charge in [-0.2, -0.15) is 0 Å². The van der Waals surface area contributed by atoms with Crippen molar-refractivity contribution in [3.63, 3.8) is 0 Å². The molecule has 0 aliphatic carbocycles. The second kappa shape index (κ2) is 7.45. The van der Waals surface area contributed by atoms with E-state index in [9.17, 15) is 9.59 Å². The third-order valence-corrected chi connectivity index (χ3v) is 2.43. The molecule has 0 radical (unpaired) electrons. The van der Waals surface area contributed by atoms with Gasteiger partial charge < -0.3 is 15.2 Å². The summed E-state index contributed by atoms with van der Waals surface area (Å²) >= 11 is 0.